The van der Waals surface area contributed by atoms with E-state index in [1.165, 1.54) is 12.3 Å². The molecule has 0 aromatic carbocycles. The molecule has 0 aliphatic rings. The van der Waals surface area contributed by atoms with Crippen molar-refractivity contribution in [3.8, 4) is 6.07 Å². The summed E-state index contributed by atoms with van der Waals surface area (Å²) in [5, 5.41) is 18.4. The number of anilines is 1. The van der Waals surface area contributed by atoms with Gasteiger partial charge < -0.3 is 5.32 Å². The molecule has 86 valence electrons. The van der Waals surface area contributed by atoms with Crippen LogP contribution in [0.1, 0.15) is 5.56 Å². The van der Waals surface area contributed by atoms with Gasteiger partial charge in [0.1, 0.15) is 6.07 Å². The minimum atomic E-state index is -4.23. The highest BCUT2D eigenvalue weighted by Gasteiger charge is 2.27. The summed E-state index contributed by atoms with van der Waals surface area (Å²) in [4.78, 5) is 0. The van der Waals surface area contributed by atoms with Gasteiger partial charge in [-0.2, -0.15) is 23.5 Å². The highest BCUT2D eigenvalue weighted by atomic mass is 32.2. The minimum Gasteiger partial charge on any atom is -0.367 e. The normalized spacial score (nSPS) is 10.9. The number of nitrogens with one attached hydrogen (secondary N) is 1. The molecule has 0 aliphatic heterocycles. The zero-order valence-electron chi connectivity index (χ0n) is 7.95. The standard InChI is InChI=1S/C8H7F3N4S/c9-8(10,11)16-4-3-13-7-6(5-12)1-2-14-15-7/h1-2H,3-4H2,(H,13,15). The maximum Gasteiger partial charge on any atom is 0.441 e. The van der Waals surface area contributed by atoms with Crippen LogP contribution in [-0.4, -0.2) is 28.0 Å². The molecule has 0 bridgehead atoms. The molecule has 1 aromatic rings. The summed E-state index contributed by atoms with van der Waals surface area (Å²) in [5.41, 5.74) is -3.98. The number of alkyl halides is 3. The van der Waals surface area contributed by atoms with Crippen LogP contribution in [0.5, 0.6) is 0 Å². The highest BCUT2D eigenvalue weighted by Crippen LogP contribution is 2.29. The molecule has 16 heavy (non-hydrogen) atoms. The Morgan fingerprint density at radius 3 is 2.88 bits per heavy atom. The van der Waals surface area contributed by atoms with Crippen LogP contribution in [0.15, 0.2) is 12.3 Å². The Hall–Kier alpha value is -1.49. The van der Waals surface area contributed by atoms with Gasteiger partial charge in [-0.3, -0.25) is 0 Å². The third-order valence-electron chi connectivity index (χ3n) is 1.50. The van der Waals surface area contributed by atoms with E-state index in [1.807, 2.05) is 6.07 Å². The number of nitrogens with zero attached hydrogens (tertiary/aromatic N) is 3. The summed E-state index contributed by atoms with van der Waals surface area (Å²) in [6.07, 6.45) is 1.34. The number of halogens is 3. The fourth-order valence-corrected chi connectivity index (χ4v) is 1.32. The second-order valence-corrected chi connectivity index (χ2v) is 3.79. The largest absolute Gasteiger partial charge is 0.441 e. The molecule has 0 fully saturated rings. The van der Waals surface area contributed by atoms with Gasteiger partial charge in [0.2, 0.25) is 0 Å². The van der Waals surface area contributed by atoms with Crippen molar-refractivity contribution in [2.45, 2.75) is 5.51 Å². The molecule has 0 saturated carbocycles. The molecule has 1 rings (SSSR count). The quantitative estimate of drug-likeness (QED) is 0.826. The number of aromatic nitrogens is 2. The fraction of sp³-hybridized carbons (Fsp3) is 0.375. The first-order valence-electron chi connectivity index (χ1n) is 4.19. The summed E-state index contributed by atoms with van der Waals surface area (Å²) in [6.45, 7) is 0.0670. The lowest BCUT2D eigenvalue weighted by Gasteiger charge is -2.07. The monoisotopic (exact) mass is 248 g/mol. The second-order valence-electron chi connectivity index (χ2n) is 2.63. The zero-order chi connectivity index (χ0) is 12.0. The smallest absolute Gasteiger partial charge is 0.367 e. The molecular weight excluding hydrogens is 241 g/mol. The second kappa shape index (κ2) is 5.55. The fourth-order valence-electron chi connectivity index (χ4n) is 0.889. The van der Waals surface area contributed by atoms with E-state index in [0.29, 0.717) is 0 Å². The van der Waals surface area contributed by atoms with Crippen molar-refractivity contribution in [1.82, 2.24) is 10.2 Å². The Bertz CT molecular complexity index is 388. The Morgan fingerprint density at radius 1 is 1.50 bits per heavy atom. The van der Waals surface area contributed by atoms with Crippen molar-refractivity contribution in [3.63, 3.8) is 0 Å². The predicted molar refractivity (Wildman–Crippen MR) is 53.7 cm³/mol. The molecule has 0 atom stereocenters. The third-order valence-corrected chi connectivity index (χ3v) is 2.24. The van der Waals surface area contributed by atoms with Gasteiger partial charge in [-0.05, 0) is 17.8 Å². The van der Waals surface area contributed by atoms with Crippen molar-refractivity contribution in [2.24, 2.45) is 0 Å². The number of rotatable bonds is 4. The molecule has 8 heteroatoms. The van der Waals surface area contributed by atoms with Crippen molar-refractivity contribution in [3.05, 3.63) is 17.8 Å². The maximum absolute atomic E-state index is 11.8. The molecule has 0 radical (unpaired) electrons. The first-order chi connectivity index (χ1) is 7.53. The van der Waals surface area contributed by atoms with Gasteiger partial charge in [-0.15, -0.1) is 5.10 Å². The van der Waals surface area contributed by atoms with E-state index in [2.05, 4.69) is 15.5 Å². The topological polar surface area (TPSA) is 61.6 Å². The SMILES string of the molecule is N#Cc1ccnnc1NCCSC(F)(F)F. The van der Waals surface area contributed by atoms with E-state index in [4.69, 9.17) is 5.26 Å². The molecule has 0 amide bonds. The van der Waals surface area contributed by atoms with E-state index >= 15 is 0 Å². The molecule has 0 aliphatic carbocycles. The minimum absolute atomic E-state index is 0.0670. The van der Waals surface area contributed by atoms with Gasteiger partial charge in [0, 0.05) is 12.3 Å². The molecular formula is C8H7F3N4S. The molecule has 0 unspecified atom stereocenters. The molecule has 1 aromatic heterocycles. The Kier molecular flexibility index (Phi) is 4.37. The van der Waals surface area contributed by atoms with Crippen molar-refractivity contribution in [2.75, 3.05) is 17.6 Å². The number of thioether (sulfide) groups is 1. The van der Waals surface area contributed by atoms with Gasteiger partial charge >= 0.3 is 5.51 Å². The Balaban J connectivity index is 2.41. The maximum atomic E-state index is 11.8. The van der Waals surface area contributed by atoms with Crippen LogP contribution < -0.4 is 5.32 Å². The van der Waals surface area contributed by atoms with Gasteiger partial charge in [-0.1, -0.05) is 0 Å². The van der Waals surface area contributed by atoms with Gasteiger partial charge in [-0.25, -0.2) is 0 Å². The summed E-state index contributed by atoms with van der Waals surface area (Å²) in [6, 6.07) is 3.30. The van der Waals surface area contributed by atoms with E-state index in [0.717, 1.165) is 0 Å². The first-order valence-corrected chi connectivity index (χ1v) is 5.18. The zero-order valence-corrected chi connectivity index (χ0v) is 8.77. The van der Waals surface area contributed by atoms with Crippen molar-refractivity contribution in [1.29, 1.82) is 5.26 Å². The van der Waals surface area contributed by atoms with Crippen LogP contribution in [0.3, 0.4) is 0 Å². The lowest BCUT2D eigenvalue weighted by Crippen LogP contribution is -2.11. The number of hydrogen-bond acceptors (Lipinski definition) is 5. The lowest BCUT2D eigenvalue weighted by molar-refractivity contribution is -0.0327. The van der Waals surface area contributed by atoms with Crippen LogP contribution in [-0.2, 0) is 0 Å². The third kappa shape index (κ3) is 4.35. The van der Waals surface area contributed by atoms with Crippen LogP contribution in [0.4, 0.5) is 19.0 Å². The highest BCUT2D eigenvalue weighted by molar-refractivity contribution is 8.00. The summed E-state index contributed by atoms with van der Waals surface area (Å²) in [7, 11) is 0. The predicted octanol–water partition coefficient (Wildman–Crippen LogP) is 2.01. The molecule has 4 nitrogen and oxygen atoms in total. The molecule has 0 spiro atoms. The number of nitriles is 1. The molecule has 1 heterocycles. The summed E-state index contributed by atoms with van der Waals surface area (Å²) < 4.78 is 35.3. The lowest BCUT2D eigenvalue weighted by atomic mass is 10.3. The van der Waals surface area contributed by atoms with Gasteiger partial charge in [0.25, 0.3) is 0 Å². The van der Waals surface area contributed by atoms with Crippen LogP contribution >= 0.6 is 11.8 Å². The average molecular weight is 248 g/mol. The van der Waals surface area contributed by atoms with Gasteiger partial charge in [0.15, 0.2) is 5.82 Å². The van der Waals surface area contributed by atoms with Crippen molar-refractivity contribution >= 4 is 17.6 Å². The Labute approximate surface area is 93.9 Å². The number of hydrogen-bond donors (Lipinski definition) is 1. The summed E-state index contributed by atoms with van der Waals surface area (Å²) in [5.74, 6) is 0.0538. The van der Waals surface area contributed by atoms with Crippen LogP contribution in [0.2, 0.25) is 0 Å². The molecule has 0 saturated heterocycles. The first kappa shape index (κ1) is 12.6. The summed E-state index contributed by atoms with van der Waals surface area (Å²) >= 11 is -0.127. The van der Waals surface area contributed by atoms with E-state index in [-0.39, 0.29) is 35.4 Å². The molecule has 1 N–H and O–H groups in total. The van der Waals surface area contributed by atoms with Crippen LogP contribution in [0, 0.1) is 11.3 Å². The van der Waals surface area contributed by atoms with Gasteiger partial charge in [0.05, 0.1) is 11.8 Å². The Morgan fingerprint density at radius 2 is 2.25 bits per heavy atom. The van der Waals surface area contributed by atoms with E-state index < -0.39 is 5.51 Å². The van der Waals surface area contributed by atoms with E-state index in [9.17, 15) is 13.2 Å². The average Bonchev–Trinajstić information content (AvgIpc) is 2.23. The van der Waals surface area contributed by atoms with Crippen LogP contribution in [0.25, 0.3) is 0 Å². The van der Waals surface area contributed by atoms with Crippen molar-refractivity contribution < 1.29 is 13.2 Å². The van der Waals surface area contributed by atoms with E-state index in [1.54, 1.807) is 0 Å².